The zero-order chi connectivity index (χ0) is 24.2. The predicted octanol–water partition coefficient (Wildman–Crippen LogP) is 5.83. The molecule has 178 valence electrons. The second kappa shape index (κ2) is 10.6. The third kappa shape index (κ3) is 4.98. The Labute approximate surface area is 209 Å². The SMILES string of the molecule is CCC(C)N(CC(=O)N1CCc2sccc2C1c1ccc(Cl)cc1)C(=O)c1ccc(OC)cc1. The Kier molecular flexibility index (Phi) is 7.59. The number of hydrogen-bond acceptors (Lipinski definition) is 4. The minimum absolute atomic E-state index is 0.0312. The molecule has 0 saturated heterocycles. The Morgan fingerprint density at radius 1 is 1.15 bits per heavy atom. The van der Waals surface area contributed by atoms with Gasteiger partial charge in [0.05, 0.1) is 13.2 Å². The molecule has 2 atom stereocenters. The lowest BCUT2D eigenvalue weighted by Crippen LogP contribution is -2.49. The Morgan fingerprint density at radius 3 is 2.50 bits per heavy atom. The summed E-state index contributed by atoms with van der Waals surface area (Å²) >= 11 is 7.86. The average molecular weight is 497 g/mol. The van der Waals surface area contributed by atoms with Gasteiger partial charge in [-0.1, -0.05) is 30.7 Å². The largest absolute Gasteiger partial charge is 0.497 e. The summed E-state index contributed by atoms with van der Waals surface area (Å²) in [5, 5.41) is 2.75. The maximum atomic E-state index is 13.7. The molecule has 4 rings (SSSR count). The summed E-state index contributed by atoms with van der Waals surface area (Å²) in [6, 6.07) is 16.6. The number of amides is 2. The molecule has 2 unspecified atom stereocenters. The summed E-state index contributed by atoms with van der Waals surface area (Å²) in [6.45, 7) is 4.66. The van der Waals surface area contributed by atoms with Gasteiger partial charge in [-0.2, -0.15) is 0 Å². The van der Waals surface area contributed by atoms with Crippen LogP contribution >= 0.6 is 22.9 Å². The van der Waals surface area contributed by atoms with Crippen molar-refractivity contribution in [1.29, 1.82) is 0 Å². The first-order valence-electron chi connectivity index (χ1n) is 11.5. The molecule has 5 nitrogen and oxygen atoms in total. The van der Waals surface area contributed by atoms with Gasteiger partial charge in [0.25, 0.3) is 5.91 Å². The van der Waals surface area contributed by atoms with Gasteiger partial charge in [-0.3, -0.25) is 9.59 Å². The van der Waals surface area contributed by atoms with E-state index in [2.05, 4.69) is 11.4 Å². The van der Waals surface area contributed by atoms with Crippen molar-refractivity contribution in [2.45, 2.75) is 38.8 Å². The highest BCUT2D eigenvalue weighted by atomic mass is 35.5. The van der Waals surface area contributed by atoms with Crippen molar-refractivity contribution in [3.63, 3.8) is 0 Å². The second-order valence-electron chi connectivity index (χ2n) is 8.51. The van der Waals surface area contributed by atoms with Gasteiger partial charge in [0.2, 0.25) is 5.91 Å². The molecule has 2 heterocycles. The van der Waals surface area contributed by atoms with Crippen molar-refractivity contribution in [1.82, 2.24) is 9.80 Å². The Balaban J connectivity index is 1.62. The highest BCUT2D eigenvalue weighted by molar-refractivity contribution is 7.10. The molecule has 1 aliphatic rings. The molecule has 0 spiro atoms. The number of nitrogens with zero attached hydrogens (tertiary/aromatic N) is 2. The maximum Gasteiger partial charge on any atom is 0.254 e. The van der Waals surface area contributed by atoms with Gasteiger partial charge in [-0.15, -0.1) is 11.3 Å². The van der Waals surface area contributed by atoms with Crippen LogP contribution in [0.25, 0.3) is 0 Å². The third-order valence-electron chi connectivity index (χ3n) is 6.50. The fraction of sp³-hybridized carbons (Fsp3) is 0.333. The number of rotatable bonds is 7. The number of thiophene rings is 1. The fourth-order valence-corrected chi connectivity index (χ4v) is 5.40. The van der Waals surface area contributed by atoms with Crippen LogP contribution in [-0.2, 0) is 11.2 Å². The molecule has 0 fully saturated rings. The van der Waals surface area contributed by atoms with Crippen molar-refractivity contribution in [3.8, 4) is 5.75 Å². The topological polar surface area (TPSA) is 49.9 Å². The number of carbonyl (C=O) groups excluding carboxylic acids is 2. The van der Waals surface area contributed by atoms with E-state index in [0.29, 0.717) is 22.9 Å². The Morgan fingerprint density at radius 2 is 1.85 bits per heavy atom. The lowest BCUT2D eigenvalue weighted by atomic mass is 9.93. The summed E-state index contributed by atoms with van der Waals surface area (Å²) in [4.78, 5) is 32.0. The first kappa shape index (κ1) is 24.3. The predicted molar refractivity (Wildman–Crippen MR) is 137 cm³/mol. The first-order valence-corrected chi connectivity index (χ1v) is 12.7. The van der Waals surface area contributed by atoms with Gasteiger partial charge >= 0.3 is 0 Å². The van der Waals surface area contributed by atoms with Crippen molar-refractivity contribution in [2.24, 2.45) is 0 Å². The summed E-state index contributed by atoms with van der Waals surface area (Å²) in [7, 11) is 1.59. The van der Waals surface area contributed by atoms with E-state index in [9.17, 15) is 9.59 Å². The molecular weight excluding hydrogens is 468 g/mol. The molecule has 0 saturated carbocycles. The zero-order valence-corrected chi connectivity index (χ0v) is 21.2. The summed E-state index contributed by atoms with van der Waals surface area (Å²) in [6.07, 6.45) is 1.57. The van der Waals surface area contributed by atoms with Crippen LogP contribution in [0, 0.1) is 0 Å². The molecule has 34 heavy (non-hydrogen) atoms. The normalized spacial score (nSPS) is 16.0. The fourth-order valence-electron chi connectivity index (χ4n) is 4.37. The van der Waals surface area contributed by atoms with E-state index in [-0.39, 0.29) is 30.4 Å². The van der Waals surface area contributed by atoms with Gasteiger partial charge < -0.3 is 14.5 Å². The minimum atomic E-state index is -0.186. The number of halogens is 1. The Hall–Kier alpha value is -2.83. The van der Waals surface area contributed by atoms with Gasteiger partial charge in [0, 0.05) is 28.0 Å². The monoisotopic (exact) mass is 496 g/mol. The molecule has 2 amide bonds. The number of benzene rings is 2. The molecular formula is C27H29ClN2O3S. The van der Waals surface area contributed by atoms with Crippen LogP contribution in [0.5, 0.6) is 5.75 Å². The van der Waals surface area contributed by atoms with E-state index < -0.39 is 0 Å². The average Bonchev–Trinajstić information content (AvgIpc) is 3.35. The molecule has 1 aliphatic heterocycles. The van der Waals surface area contributed by atoms with Gasteiger partial charge in [0.1, 0.15) is 12.3 Å². The van der Waals surface area contributed by atoms with Gasteiger partial charge in [-0.25, -0.2) is 0 Å². The number of carbonyl (C=O) groups is 2. The minimum Gasteiger partial charge on any atom is -0.497 e. The van der Waals surface area contributed by atoms with Gasteiger partial charge in [0.15, 0.2) is 0 Å². The highest BCUT2D eigenvalue weighted by Crippen LogP contribution is 2.38. The third-order valence-corrected chi connectivity index (χ3v) is 7.75. The van der Waals surface area contributed by atoms with Crippen LogP contribution in [0.1, 0.15) is 52.7 Å². The Bertz CT molecular complexity index is 1140. The smallest absolute Gasteiger partial charge is 0.254 e. The number of hydrogen-bond donors (Lipinski definition) is 0. The molecule has 2 aromatic carbocycles. The van der Waals surface area contributed by atoms with Crippen molar-refractivity contribution < 1.29 is 14.3 Å². The van der Waals surface area contributed by atoms with Crippen LogP contribution in [0.2, 0.25) is 5.02 Å². The van der Waals surface area contributed by atoms with E-state index in [1.54, 1.807) is 47.6 Å². The lowest BCUT2D eigenvalue weighted by Gasteiger charge is -2.38. The van der Waals surface area contributed by atoms with Crippen molar-refractivity contribution in [3.05, 3.63) is 86.6 Å². The van der Waals surface area contributed by atoms with Crippen LogP contribution in [0.15, 0.2) is 60.0 Å². The van der Waals surface area contributed by atoms with E-state index in [1.165, 1.54) is 4.88 Å². The quantitative estimate of drug-likeness (QED) is 0.414. The molecule has 1 aromatic heterocycles. The summed E-state index contributed by atoms with van der Waals surface area (Å²) in [5.74, 6) is 0.481. The second-order valence-corrected chi connectivity index (χ2v) is 9.95. The van der Waals surface area contributed by atoms with Gasteiger partial charge in [-0.05, 0) is 78.7 Å². The molecule has 0 aliphatic carbocycles. The van der Waals surface area contributed by atoms with Crippen molar-refractivity contribution in [2.75, 3.05) is 20.2 Å². The summed E-state index contributed by atoms with van der Waals surface area (Å²) in [5.41, 5.74) is 2.72. The standard InChI is InChI=1S/C27H29ClN2O3S/c1-4-18(2)30(27(32)20-7-11-22(33-3)12-8-20)17-25(31)29-15-13-24-23(14-16-34-24)26(29)19-5-9-21(28)10-6-19/h5-12,14,16,18,26H,4,13,15,17H2,1-3H3. The van der Waals surface area contributed by atoms with Crippen LogP contribution in [-0.4, -0.2) is 47.9 Å². The molecule has 0 bridgehead atoms. The van der Waals surface area contributed by atoms with E-state index in [4.69, 9.17) is 16.3 Å². The van der Waals surface area contributed by atoms with Crippen LogP contribution < -0.4 is 4.74 Å². The molecule has 0 N–H and O–H groups in total. The van der Waals surface area contributed by atoms with Crippen molar-refractivity contribution >= 4 is 34.8 Å². The summed E-state index contributed by atoms with van der Waals surface area (Å²) < 4.78 is 5.21. The highest BCUT2D eigenvalue weighted by Gasteiger charge is 2.34. The van der Waals surface area contributed by atoms with E-state index >= 15 is 0 Å². The van der Waals surface area contributed by atoms with E-state index in [1.807, 2.05) is 43.0 Å². The first-order chi connectivity index (χ1) is 16.4. The number of ether oxygens (including phenoxy) is 1. The molecule has 0 radical (unpaired) electrons. The van der Waals surface area contributed by atoms with Crippen LogP contribution in [0.3, 0.4) is 0 Å². The number of fused-ring (bicyclic) bond motifs is 1. The molecule has 7 heteroatoms. The lowest BCUT2D eigenvalue weighted by molar-refractivity contribution is -0.134. The molecule has 3 aromatic rings. The maximum absolute atomic E-state index is 13.7. The zero-order valence-electron chi connectivity index (χ0n) is 19.7. The number of methoxy groups -OCH3 is 1. The van der Waals surface area contributed by atoms with E-state index in [0.717, 1.165) is 24.0 Å². The van der Waals surface area contributed by atoms with Crippen LogP contribution in [0.4, 0.5) is 0 Å².